The molecule has 21 heavy (non-hydrogen) atoms. The third-order valence-electron chi connectivity index (χ3n) is 3.23. The van der Waals surface area contributed by atoms with Crippen LogP contribution in [0.25, 0.3) is 0 Å². The first-order valence-electron chi connectivity index (χ1n) is 6.52. The molecule has 0 aliphatic heterocycles. The van der Waals surface area contributed by atoms with E-state index in [1.165, 1.54) is 6.07 Å². The lowest BCUT2D eigenvalue weighted by Crippen LogP contribution is -2.44. The minimum atomic E-state index is -5.89. The number of hydrogen-bond donors (Lipinski definition) is 0. The highest BCUT2D eigenvalue weighted by molar-refractivity contribution is 6.02. The highest BCUT2D eigenvalue weighted by Gasteiger charge is 2.63. The van der Waals surface area contributed by atoms with E-state index < -0.39 is 23.4 Å². The summed E-state index contributed by atoms with van der Waals surface area (Å²) in [5, 5.41) is 0. The smallest absolute Gasteiger partial charge is 0.287 e. The van der Waals surface area contributed by atoms with Crippen molar-refractivity contribution in [2.45, 2.75) is 51.6 Å². The number of carbonyl (C=O) groups is 1. The van der Waals surface area contributed by atoms with Crippen molar-refractivity contribution >= 4 is 5.78 Å². The summed E-state index contributed by atoms with van der Waals surface area (Å²) in [7, 11) is 0. The first kappa shape index (κ1) is 17.6. The molecule has 6 heteroatoms. The van der Waals surface area contributed by atoms with Gasteiger partial charge >= 0.3 is 12.1 Å². The van der Waals surface area contributed by atoms with Gasteiger partial charge in [-0.3, -0.25) is 4.79 Å². The van der Waals surface area contributed by atoms with Crippen molar-refractivity contribution in [2.24, 2.45) is 0 Å². The van der Waals surface area contributed by atoms with Crippen molar-refractivity contribution in [1.29, 1.82) is 0 Å². The van der Waals surface area contributed by atoms with Crippen LogP contribution in [0.5, 0.6) is 0 Å². The Bertz CT molecular complexity index is 529. The molecule has 118 valence electrons. The van der Waals surface area contributed by atoms with E-state index in [0.29, 0.717) is 5.56 Å². The predicted octanol–water partition coefficient (Wildman–Crippen LogP) is 5.31. The van der Waals surface area contributed by atoms with E-state index in [0.717, 1.165) is 17.7 Å². The summed E-state index contributed by atoms with van der Waals surface area (Å²) in [5.41, 5.74) is 0.816. The second-order valence-electron chi connectivity index (χ2n) is 5.55. The van der Waals surface area contributed by atoms with Gasteiger partial charge < -0.3 is 0 Å². The molecule has 0 saturated heterocycles. The average molecular weight is 308 g/mol. The zero-order valence-electron chi connectivity index (χ0n) is 12.2. The van der Waals surface area contributed by atoms with Gasteiger partial charge in [0.1, 0.15) is 0 Å². The highest BCUT2D eigenvalue weighted by Crippen LogP contribution is 2.38. The molecule has 1 rings (SSSR count). The van der Waals surface area contributed by atoms with Crippen LogP contribution in [-0.2, 0) is 0 Å². The Hall–Kier alpha value is -1.46. The number of hydrogen-bond acceptors (Lipinski definition) is 1. The molecule has 0 spiro atoms. The van der Waals surface area contributed by atoms with Gasteiger partial charge in [-0.05, 0) is 29.0 Å². The Morgan fingerprint density at radius 3 is 1.76 bits per heavy atom. The number of rotatable bonds is 4. The van der Waals surface area contributed by atoms with Gasteiger partial charge in [-0.1, -0.05) is 39.8 Å². The van der Waals surface area contributed by atoms with E-state index in [-0.39, 0.29) is 11.8 Å². The van der Waals surface area contributed by atoms with E-state index in [4.69, 9.17) is 0 Å². The van der Waals surface area contributed by atoms with Crippen LogP contribution in [0.1, 0.15) is 61.0 Å². The van der Waals surface area contributed by atoms with Crippen LogP contribution in [0.4, 0.5) is 22.0 Å². The van der Waals surface area contributed by atoms with Gasteiger partial charge in [0, 0.05) is 5.56 Å². The van der Waals surface area contributed by atoms with E-state index in [2.05, 4.69) is 0 Å². The normalized spacial score (nSPS) is 13.1. The monoisotopic (exact) mass is 308 g/mol. The summed E-state index contributed by atoms with van der Waals surface area (Å²) in [6.45, 7) is 7.34. The van der Waals surface area contributed by atoms with Gasteiger partial charge in [-0.25, -0.2) is 0 Å². The van der Waals surface area contributed by atoms with E-state index in [1.54, 1.807) is 13.8 Å². The molecule has 1 aromatic rings. The van der Waals surface area contributed by atoms with Crippen LogP contribution in [0.15, 0.2) is 18.2 Å². The summed E-state index contributed by atoms with van der Waals surface area (Å²) >= 11 is 0. The van der Waals surface area contributed by atoms with E-state index >= 15 is 0 Å². The molecule has 0 heterocycles. The fourth-order valence-corrected chi connectivity index (χ4v) is 2.05. The topological polar surface area (TPSA) is 17.1 Å². The Morgan fingerprint density at radius 2 is 1.38 bits per heavy atom. The first-order chi connectivity index (χ1) is 9.39. The number of halogens is 5. The van der Waals surface area contributed by atoms with Crippen LogP contribution >= 0.6 is 0 Å². The molecule has 0 aromatic heterocycles. The number of benzene rings is 1. The van der Waals surface area contributed by atoms with Gasteiger partial charge in [0.2, 0.25) is 5.78 Å². The molecule has 0 amide bonds. The van der Waals surface area contributed by atoms with Crippen LogP contribution in [0.2, 0.25) is 0 Å². The molecule has 0 aliphatic carbocycles. The first-order valence-corrected chi connectivity index (χ1v) is 6.52. The van der Waals surface area contributed by atoms with Crippen molar-refractivity contribution < 1.29 is 26.7 Å². The van der Waals surface area contributed by atoms with Crippen molar-refractivity contribution in [1.82, 2.24) is 0 Å². The lowest BCUT2D eigenvalue weighted by molar-refractivity contribution is -0.255. The summed E-state index contributed by atoms with van der Waals surface area (Å²) in [5.74, 6) is -7.60. The molecule has 0 bridgehead atoms. The van der Waals surface area contributed by atoms with Crippen molar-refractivity contribution in [2.75, 3.05) is 0 Å². The summed E-state index contributed by atoms with van der Waals surface area (Å²) in [6, 6.07) is 3.62. The molecule has 0 atom stereocenters. The standard InChI is InChI=1S/C15H17F5O/c1-8(2)11-6-5-10(7-12(11)9(3)4)13(21)14(16,17)15(18,19)20/h5-9H,1-4H3. The maximum Gasteiger partial charge on any atom is 0.461 e. The third kappa shape index (κ3) is 3.41. The molecule has 0 N–H and O–H groups in total. The quantitative estimate of drug-likeness (QED) is 0.544. The molecule has 1 nitrogen and oxygen atoms in total. The molecule has 0 fully saturated rings. The molecule has 0 radical (unpaired) electrons. The van der Waals surface area contributed by atoms with Crippen LogP contribution < -0.4 is 0 Å². The SMILES string of the molecule is CC(C)c1ccc(C(=O)C(F)(F)C(F)(F)F)cc1C(C)C. The van der Waals surface area contributed by atoms with Gasteiger partial charge in [-0.15, -0.1) is 0 Å². The lowest BCUT2D eigenvalue weighted by atomic mass is 9.88. The molecule has 0 saturated carbocycles. The van der Waals surface area contributed by atoms with E-state index in [9.17, 15) is 26.7 Å². The Balaban J connectivity index is 3.34. The molecule has 0 unspecified atom stereocenters. The maximum absolute atomic E-state index is 13.1. The van der Waals surface area contributed by atoms with Gasteiger partial charge in [0.15, 0.2) is 0 Å². The van der Waals surface area contributed by atoms with Crippen LogP contribution in [0, 0.1) is 0 Å². The zero-order chi connectivity index (χ0) is 16.6. The second-order valence-corrected chi connectivity index (χ2v) is 5.55. The number of ketones is 1. The van der Waals surface area contributed by atoms with Gasteiger partial charge in [0.25, 0.3) is 0 Å². The Labute approximate surface area is 120 Å². The van der Waals surface area contributed by atoms with Gasteiger partial charge in [-0.2, -0.15) is 22.0 Å². The predicted molar refractivity (Wildman–Crippen MR) is 70.0 cm³/mol. The highest BCUT2D eigenvalue weighted by atomic mass is 19.4. The summed E-state index contributed by atoms with van der Waals surface area (Å²) < 4.78 is 63.1. The van der Waals surface area contributed by atoms with Crippen molar-refractivity contribution in [3.63, 3.8) is 0 Å². The van der Waals surface area contributed by atoms with E-state index in [1.807, 2.05) is 13.8 Å². The lowest BCUT2D eigenvalue weighted by Gasteiger charge is -2.21. The molecule has 1 aromatic carbocycles. The molecular formula is C15H17F5O. The molecular weight excluding hydrogens is 291 g/mol. The van der Waals surface area contributed by atoms with Gasteiger partial charge in [0.05, 0.1) is 0 Å². The number of alkyl halides is 5. The Kier molecular flexibility index (Phi) is 4.80. The largest absolute Gasteiger partial charge is 0.461 e. The zero-order valence-corrected chi connectivity index (χ0v) is 12.2. The van der Waals surface area contributed by atoms with Crippen molar-refractivity contribution in [3.05, 3.63) is 34.9 Å². The third-order valence-corrected chi connectivity index (χ3v) is 3.23. The van der Waals surface area contributed by atoms with Crippen LogP contribution in [-0.4, -0.2) is 17.9 Å². The average Bonchev–Trinajstić information content (AvgIpc) is 2.35. The Morgan fingerprint density at radius 1 is 0.905 bits per heavy atom. The fraction of sp³-hybridized carbons (Fsp3) is 0.533. The second kappa shape index (κ2) is 5.73. The minimum Gasteiger partial charge on any atom is -0.287 e. The number of carbonyl (C=O) groups excluding carboxylic acids is 1. The fourth-order valence-electron chi connectivity index (χ4n) is 2.05. The minimum absolute atomic E-state index is 0.0784. The maximum atomic E-state index is 13.1. The molecule has 0 aliphatic rings. The number of Topliss-reactive ketones (excluding diaryl/α,β-unsaturated/α-hetero) is 1. The summed E-state index contributed by atoms with van der Waals surface area (Å²) in [4.78, 5) is 11.5. The van der Waals surface area contributed by atoms with Crippen molar-refractivity contribution in [3.8, 4) is 0 Å². The van der Waals surface area contributed by atoms with Crippen LogP contribution in [0.3, 0.4) is 0 Å². The summed E-state index contributed by atoms with van der Waals surface area (Å²) in [6.07, 6.45) is -5.89.